The predicted octanol–water partition coefficient (Wildman–Crippen LogP) is 10.6. The summed E-state index contributed by atoms with van der Waals surface area (Å²) in [7, 11) is 0. The van der Waals surface area contributed by atoms with Crippen molar-refractivity contribution in [1.29, 1.82) is 0 Å². The van der Waals surface area contributed by atoms with Gasteiger partial charge in [-0.15, -0.1) is 0 Å². The molecule has 0 aliphatic heterocycles. The Hall–Kier alpha value is -3.35. The topological polar surface area (TPSA) is 72.5 Å². The fourth-order valence-corrected chi connectivity index (χ4v) is 4.15. The molecule has 46 heavy (non-hydrogen) atoms. The van der Waals surface area contributed by atoms with Crippen LogP contribution in [0.25, 0.3) is 5.76 Å². The first-order valence-corrected chi connectivity index (χ1v) is 16.1. The van der Waals surface area contributed by atoms with E-state index in [4.69, 9.17) is 28.4 Å². The summed E-state index contributed by atoms with van der Waals surface area (Å²) in [5, 5.41) is 0. The monoisotopic (exact) mass is 640 g/mol. The van der Waals surface area contributed by atoms with Crippen molar-refractivity contribution in [1.82, 2.24) is 0 Å². The summed E-state index contributed by atoms with van der Waals surface area (Å²) in [5.74, 6) is 1.63. The minimum absolute atomic E-state index is 0.241. The molecular weight excluding hydrogens is 580 g/mol. The minimum Gasteiger partial charge on any atom is -0.487 e. The van der Waals surface area contributed by atoms with Gasteiger partial charge in [0.25, 0.3) is 0 Å². The molecule has 0 bridgehead atoms. The van der Waals surface area contributed by atoms with Crippen LogP contribution in [0.15, 0.2) is 36.4 Å². The van der Waals surface area contributed by atoms with E-state index in [1.54, 1.807) is 12.1 Å². The third-order valence-corrected chi connectivity index (χ3v) is 5.30. The van der Waals surface area contributed by atoms with Gasteiger partial charge in [0.1, 0.15) is 44.9 Å². The van der Waals surface area contributed by atoms with Gasteiger partial charge in [0.05, 0.1) is 0 Å². The number of benzene rings is 2. The second kappa shape index (κ2) is 13.4. The van der Waals surface area contributed by atoms with Crippen LogP contribution in [0.2, 0.25) is 0 Å². The lowest BCUT2D eigenvalue weighted by Crippen LogP contribution is -2.32. The third-order valence-electron chi connectivity index (χ3n) is 5.30. The van der Waals surface area contributed by atoms with E-state index < -0.39 is 33.6 Å². The molecule has 7 heteroatoms. The number of carbonyl (C=O) groups is 1. The number of carbonyl (C=O) groups excluding carboxylic acids is 1. The van der Waals surface area contributed by atoms with Gasteiger partial charge in [0.15, 0.2) is 17.3 Å². The molecule has 0 saturated heterocycles. The average Bonchev–Trinajstić information content (AvgIpc) is 2.79. The van der Waals surface area contributed by atoms with E-state index in [9.17, 15) is 4.79 Å². The van der Waals surface area contributed by atoms with E-state index in [0.717, 1.165) is 0 Å². The zero-order chi connectivity index (χ0) is 35.7. The minimum atomic E-state index is -0.711. The Morgan fingerprint density at radius 3 is 1.07 bits per heavy atom. The van der Waals surface area contributed by atoms with Gasteiger partial charge in [-0.3, -0.25) is 4.79 Å². The van der Waals surface area contributed by atoms with Crippen molar-refractivity contribution in [2.75, 3.05) is 0 Å². The van der Waals surface area contributed by atoms with Gasteiger partial charge in [0.2, 0.25) is 17.2 Å². The second-order valence-electron chi connectivity index (χ2n) is 17.5. The maximum absolute atomic E-state index is 13.9. The van der Waals surface area contributed by atoms with Crippen molar-refractivity contribution in [3.63, 3.8) is 0 Å². The van der Waals surface area contributed by atoms with Crippen LogP contribution in [0.3, 0.4) is 0 Å². The standard InChI is InChI=1S/C39H60O7/c1-34(2,3)41-27(24-26(40)25-22-20-19-21-23-25)28-29(42-35(4,5)6)31(44-37(10,11)12)33(46-39(16,17)18)32(45-38(13,14)15)30(28)43-36(7,8)9/h19-24H,1-18H3. The SMILES string of the molecule is CC(C)(C)OC(=CC(=O)c1ccccc1)c1c(OC(C)(C)C)c(OC(C)(C)C)c(OC(C)(C)C)c(OC(C)(C)C)c1OC(C)(C)C. The summed E-state index contributed by atoms with van der Waals surface area (Å²) in [4.78, 5) is 13.9. The van der Waals surface area contributed by atoms with Crippen LogP contribution in [0.4, 0.5) is 0 Å². The van der Waals surface area contributed by atoms with Crippen LogP contribution in [-0.4, -0.2) is 39.4 Å². The number of hydrogen-bond acceptors (Lipinski definition) is 7. The molecule has 2 aromatic rings. The van der Waals surface area contributed by atoms with E-state index in [1.807, 2.05) is 143 Å². The van der Waals surface area contributed by atoms with E-state index >= 15 is 0 Å². The molecule has 0 heterocycles. The first-order valence-electron chi connectivity index (χ1n) is 16.1. The zero-order valence-corrected chi connectivity index (χ0v) is 31.8. The highest BCUT2D eigenvalue weighted by atomic mass is 16.6. The highest BCUT2D eigenvalue weighted by Gasteiger charge is 2.40. The van der Waals surface area contributed by atoms with Crippen LogP contribution in [0, 0.1) is 0 Å². The number of hydrogen-bond donors (Lipinski definition) is 0. The molecule has 0 spiro atoms. The molecule has 0 radical (unpaired) electrons. The fraction of sp³-hybridized carbons (Fsp3) is 0.615. The average molecular weight is 641 g/mol. The lowest BCUT2D eigenvalue weighted by Gasteiger charge is -2.37. The van der Waals surface area contributed by atoms with Gasteiger partial charge < -0.3 is 28.4 Å². The largest absolute Gasteiger partial charge is 0.487 e. The Kier molecular flexibility index (Phi) is 11.3. The first-order chi connectivity index (χ1) is 20.4. The molecule has 2 rings (SSSR count). The molecule has 0 aromatic heterocycles. The molecule has 0 amide bonds. The lowest BCUT2D eigenvalue weighted by molar-refractivity contribution is 0.0545. The quantitative estimate of drug-likeness (QED) is 0.153. The molecule has 0 saturated carbocycles. The molecule has 0 atom stereocenters. The van der Waals surface area contributed by atoms with Crippen molar-refractivity contribution < 1.29 is 33.2 Å². The normalized spacial score (nSPS) is 13.7. The summed E-state index contributed by atoms with van der Waals surface area (Å²) < 4.78 is 40.5. The summed E-state index contributed by atoms with van der Waals surface area (Å²) in [5.41, 5.74) is -3.22. The summed E-state index contributed by atoms with van der Waals surface area (Å²) in [6.45, 7) is 35.1. The van der Waals surface area contributed by atoms with E-state index in [-0.39, 0.29) is 11.5 Å². The van der Waals surface area contributed by atoms with Crippen molar-refractivity contribution >= 4 is 11.5 Å². The summed E-state index contributed by atoms with van der Waals surface area (Å²) in [6, 6.07) is 9.08. The molecule has 2 aromatic carbocycles. The molecule has 0 aliphatic rings. The van der Waals surface area contributed by atoms with Crippen LogP contribution < -0.4 is 23.7 Å². The van der Waals surface area contributed by atoms with E-state index in [0.29, 0.717) is 39.9 Å². The van der Waals surface area contributed by atoms with E-state index in [1.165, 1.54) is 6.08 Å². The Morgan fingerprint density at radius 1 is 0.457 bits per heavy atom. The third kappa shape index (κ3) is 12.8. The van der Waals surface area contributed by atoms with Crippen LogP contribution in [0.5, 0.6) is 28.7 Å². The number of allylic oxidation sites excluding steroid dienone is 1. The van der Waals surface area contributed by atoms with Gasteiger partial charge in [0, 0.05) is 11.6 Å². The van der Waals surface area contributed by atoms with E-state index in [2.05, 4.69) is 0 Å². The lowest BCUT2D eigenvalue weighted by atomic mass is 10.0. The molecular formula is C39H60O7. The highest BCUT2D eigenvalue weighted by Crippen LogP contribution is 2.59. The van der Waals surface area contributed by atoms with Crippen molar-refractivity contribution in [3.8, 4) is 28.7 Å². The molecule has 0 unspecified atom stereocenters. The predicted molar refractivity (Wildman–Crippen MR) is 188 cm³/mol. The van der Waals surface area contributed by atoms with Crippen molar-refractivity contribution in [2.24, 2.45) is 0 Å². The van der Waals surface area contributed by atoms with Crippen LogP contribution in [0.1, 0.15) is 141 Å². The van der Waals surface area contributed by atoms with Gasteiger partial charge in [-0.2, -0.15) is 0 Å². The molecule has 0 N–H and O–H groups in total. The number of ketones is 1. The Bertz CT molecular complexity index is 1320. The van der Waals surface area contributed by atoms with Crippen LogP contribution in [-0.2, 0) is 4.74 Å². The molecule has 0 fully saturated rings. The Balaban J connectivity index is 3.42. The van der Waals surface area contributed by atoms with Gasteiger partial charge in [-0.05, 0) is 125 Å². The Labute approximate surface area is 278 Å². The smallest absolute Gasteiger partial charge is 0.212 e. The fourth-order valence-electron chi connectivity index (χ4n) is 4.15. The second-order valence-corrected chi connectivity index (χ2v) is 17.5. The van der Waals surface area contributed by atoms with Gasteiger partial charge >= 0.3 is 0 Å². The first kappa shape index (κ1) is 38.8. The summed E-state index contributed by atoms with van der Waals surface area (Å²) >= 11 is 0. The maximum Gasteiger partial charge on any atom is 0.212 e. The molecule has 0 aliphatic carbocycles. The Morgan fingerprint density at radius 2 is 0.761 bits per heavy atom. The molecule has 7 nitrogen and oxygen atoms in total. The van der Waals surface area contributed by atoms with Gasteiger partial charge in [-0.25, -0.2) is 0 Å². The van der Waals surface area contributed by atoms with Crippen molar-refractivity contribution in [2.45, 2.75) is 158 Å². The van der Waals surface area contributed by atoms with Crippen LogP contribution >= 0.6 is 0 Å². The highest BCUT2D eigenvalue weighted by molar-refractivity contribution is 6.08. The van der Waals surface area contributed by atoms with Gasteiger partial charge in [-0.1, -0.05) is 30.3 Å². The van der Waals surface area contributed by atoms with Crippen molar-refractivity contribution in [3.05, 3.63) is 47.5 Å². The zero-order valence-electron chi connectivity index (χ0n) is 31.8. The maximum atomic E-state index is 13.9. The number of ether oxygens (including phenoxy) is 6. The summed E-state index contributed by atoms with van der Waals surface area (Å²) in [6.07, 6.45) is 1.49. The molecule has 258 valence electrons. The number of rotatable bonds is 9.